The van der Waals surface area contributed by atoms with Crippen LogP contribution in [0.5, 0.6) is 5.75 Å². The molecule has 0 unspecified atom stereocenters. The van der Waals surface area contributed by atoms with Gasteiger partial charge in [-0.1, -0.05) is 54.6 Å². The van der Waals surface area contributed by atoms with Gasteiger partial charge in [0.1, 0.15) is 11.9 Å². The smallest absolute Gasteiger partial charge is 0.411 e. The summed E-state index contributed by atoms with van der Waals surface area (Å²) in [6.45, 7) is 7.47. The second kappa shape index (κ2) is 16.3. The lowest BCUT2D eigenvalue weighted by Crippen LogP contribution is -2.41. The predicted octanol–water partition coefficient (Wildman–Crippen LogP) is 5.34. The number of aliphatic hydroxyl groups is 1. The maximum Gasteiger partial charge on any atom is 0.411 e. The number of nitrogens with zero attached hydrogens (tertiary/aromatic N) is 2. The number of anilines is 1. The van der Waals surface area contributed by atoms with Gasteiger partial charge in [0.15, 0.2) is 0 Å². The Balaban J connectivity index is 0.841. The number of hydrogen-bond donors (Lipinski definition) is 5. The summed E-state index contributed by atoms with van der Waals surface area (Å²) in [5.41, 5.74) is 3.53. The first-order chi connectivity index (χ1) is 23.4. The summed E-state index contributed by atoms with van der Waals surface area (Å²) >= 11 is 0. The number of phenols is 1. The number of benzene rings is 3. The van der Waals surface area contributed by atoms with Crippen LogP contribution in [0.15, 0.2) is 83.7 Å². The van der Waals surface area contributed by atoms with Crippen LogP contribution >= 0.6 is 0 Å². The molecule has 0 bridgehead atoms. The average molecular weight is 654 g/mol. The predicted molar refractivity (Wildman–Crippen MR) is 189 cm³/mol. The second-order valence-electron chi connectivity index (χ2n) is 13.1. The molecule has 254 valence electrons. The van der Waals surface area contributed by atoms with E-state index in [-0.39, 0.29) is 17.4 Å². The van der Waals surface area contributed by atoms with Gasteiger partial charge in [0.25, 0.3) is 0 Å². The number of carbonyl (C=O) groups is 1. The lowest BCUT2D eigenvalue weighted by atomic mass is 9.96. The van der Waals surface area contributed by atoms with Crippen molar-refractivity contribution < 1.29 is 19.7 Å². The largest absolute Gasteiger partial charge is 0.506 e. The Bertz CT molecular complexity index is 1700. The van der Waals surface area contributed by atoms with Crippen molar-refractivity contribution in [3.8, 4) is 16.9 Å². The number of likely N-dealkylation sites (tertiary alicyclic amines) is 2. The van der Waals surface area contributed by atoms with Gasteiger partial charge < -0.3 is 35.1 Å². The monoisotopic (exact) mass is 653 g/mol. The molecule has 4 aromatic rings. The van der Waals surface area contributed by atoms with E-state index in [1.54, 1.807) is 12.1 Å². The number of hydrogen-bond acceptors (Lipinski definition) is 8. The zero-order valence-corrected chi connectivity index (χ0v) is 27.4. The third kappa shape index (κ3) is 8.82. The summed E-state index contributed by atoms with van der Waals surface area (Å²) < 4.78 is 5.81. The number of phenolic OH excluding ortho intramolecular Hbond substituents is 1. The minimum Gasteiger partial charge on any atom is -0.506 e. The van der Waals surface area contributed by atoms with Gasteiger partial charge in [0.05, 0.1) is 17.3 Å². The molecule has 10 heteroatoms. The van der Waals surface area contributed by atoms with Crippen molar-refractivity contribution in [2.24, 2.45) is 5.92 Å². The number of aromatic nitrogens is 1. The fraction of sp³-hybridized carbons (Fsp3) is 0.421. The molecule has 2 aliphatic heterocycles. The van der Waals surface area contributed by atoms with Crippen molar-refractivity contribution in [3.63, 3.8) is 0 Å². The Morgan fingerprint density at radius 3 is 2.31 bits per heavy atom. The summed E-state index contributed by atoms with van der Waals surface area (Å²) in [7, 11) is 0. The standard InChI is InChI=1S/C38H47N5O5/c44-34-13-11-31(32-12-14-36(46)41-37(32)34)35(45)26-39-25-27-15-21-42(22-16-27)19-6-20-43-23-17-29(18-24-43)48-38(47)40-33-10-5-4-9-30(33)28-7-2-1-3-8-28/h1-5,7-14,27,29,35,39,44-45H,6,15-26H2,(H,40,47)(H,41,46)/t35-/m0/s1. The van der Waals surface area contributed by atoms with E-state index in [2.05, 4.69) is 25.4 Å². The first kappa shape index (κ1) is 33.7. The number of piperidine rings is 2. The highest BCUT2D eigenvalue weighted by atomic mass is 16.6. The summed E-state index contributed by atoms with van der Waals surface area (Å²) in [5, 5.41) is 28.0. The van der Waals surface area contributed by atoms with Gasteiger partial charge in [0.2, 0.25) is 5.56 Å². The topological polar surface area (TPSA) is 130 Å². The maximum absolute atomic E-state index is 12.7. The fourth-order valence-electron chi connectivity index (χ4n) is 7.02. The van der Waals surface area contributed by atoms with E-state index >= 15 is 0 Å². The highest BCUT2D eigenvalue weighted by molar-refractivity contribution is 5.91. The number of aromatic hydroxyl groups is 1. The Labute approximate surface area is 281 Å². The van der Waals surface area contributed by atoms with Crippen molar-refractivity contribution in [2.75, 3.05) is 57.7 Å². The van der Waals surface area contributed by atoms with E-state index in [0.29, 0.717) is 28.9 Å². The third-order valence-corrected chi connectivity index (χ3v) is 9.75. The Kier molecular flexibility index (Phi) is 11.4. The molecule has 6 rings (SSSR count). The highest BCUT2D eigenvalue weighted by Gasteiger charge is 2.24. The van der Waals surface area contributed by atoms with Gasteiger partial charge >= 0.3 is 6.09 Å². The van der Waals surface area contributed by atoms with Gasteiger partial charge in [-0.05, 0) is 100 Å². The molecule has 3 heterocycles. The second-order valence-corrected chi connectivity index (χ2v) is 13.1. The third-order valence-electron chi connectivity index (χ3n) is 9.75. The van der Waals surface area contributed by atoms with Crippen molar-refractivity contribution in [3.05, 3.63) is 94.8 Å². The number of rotatable bonds is 12. The Hall–Kier alpha value is -4.22. The lowest BCUT2D eigenvalue weighted by molar-refractivity contribution is 0.0572. The van der Waals surface area contributed by atoms with Crippen LogP contribution in [0.4, 0.5) is 10.5 Å². The summed E-state index contributed by atoms with van der Waals surface area (Å²) in [4.78, 5) is 32.1. The van der Waals surface area contributed by atoms with E-state index < -0.39 is 12.2 Å². The molecule has 3 aromatic carbocycles. The molecule has 0 aliphatic carbocycles. The van der Waals surface area contributed by atoms with E-state index in [0.717, 1.165) is 94.7 Å². The van der Waals surface area contributed by atoms with Crippen molar-refractivity contribution in [1.82, 2.24) is 20.1 Å². The molecule has 2 fully saturated rings. The van der Waals surface area contributed by atoms with Crippen LogP contribution in [-0.2, 0) is 4.74 Å². The minimum absolute atomic E-state index is 0.00346. The number of amides is 1. The Morgan fingerprint density at radius 2 is 1.56 bits per heavy atom. The summed E-state index contributed by atoms with van der Waals surface area (Å²) in [6, 6.07) is 24.1. The molecule has 10 nitrogen and oxygen atoms in total. The van der Waals surface area contributed by atoms with E-state index in [1.807, 2.05) is 54.6 Å². The van der Waals surface area contributed by atoms with Crippen LogP contribution in [0.2, 0.25) is 0 Å². The van der Waals surface area contributed by atoms with E-state index in [4.69, 9.17) is 4.74 Å². The van der Waals surface area contributed by atoms with Crippen LogP contribution in [0.3, 0.4) is 0 Å². The van der Waals surface area contributed by atoms with Crippen LogP contribution < -0.4 is 16.2 Å². The fourth-order valence-corrected chi connectivity index (χ4v) is 7.02. The maximum atomic E-state index is 12.7. The van der Waals surface area contributed by atoms with Crippen LogP contribution in [-0.4, -0.2) is 89.6 Å². The quantitative estimate of drug-likeness (QED) is 0.139. The van der Waals surface area contributed by atoms with Crippen LogP contribution in [0.25, 0.3) is 22.0 Å². The van der Waals surface area contributed by atoms with E-state index in [9.17, 15) is 19.8 Å². The van der Waals surface area contributed by atoms with Crippen molar-refractivity contribution >= 4 is 22.7 Å². The summed E-state index contributed by atoms with van der Waals surface area (Å²) in [5.74, 6) is 0.570. The van der Waals surface area contributed by atoms with Gasteiger partial charge in [-0.15, -0.1) is 0 Å². The van der Waals surface area contributed by atoms with Crippen molar-refractivity contribution in [1.29, 1.82) is 0 Å². The van der Waals surface area contributed by atoms with Gasteiger partial charge in [-0.2, -0.15) is 0 Å². The number of aromatic amines is 1. The van der Waals surface area contributed by atoms with Crippen LogP contribution in [0, 0.1) is 5.92 Å². The number of fused-ring (bicyclic) bond motifs is 1. The molecule has 0 spiro atoms. The van der Waals surface area contributed by atoms with E-state index in [1.165, 1.54) is 12.1 Å². The number of para-hydroxylation sites is 1. The van der Waals surface area contributed by atoms with Gasteiger partial charge in [-0.25, -0.2) is 4.79 Å². The van der Waals surface area contributed by atoms with Gasteiger partial charge in [-0.3, -0.25) is 10.1 Å². The Morgan fingerprint density at radius 1 is 0.875 bits per heavy atom. The first-order valence-corrected chi connectivity index (χ1v) is 17.2. The molecule has 0 radical (unpaired) electrons. The molecular weight excluding hydrogens is 606 g/mol. The number of nitrogens with one attached hydrogen (secondary N) is 3. The first-order valence-electron chi connectivity index (χ1n) is 17.2. The molecule has 2 saturated heterocycles. The molecule has 2 aliphatic rings. The zero-order chi connectivity index (χ0) is 33.3. The molecule has 1 aromatic heterocycles. The molecule has 1 amide bonds. The average Bonchev–Trinajstić information content (AvgIpc) is 3.10. The van der Waals surface area contributed by atoms with Gasteiger partial charge in [0, 0.05) is 36.7 Å². The number of ether oxygens (including phenoxy) is 1. The molecular formula is C38H47N5O5. The summed E-state index contributed by atoms with van der Waals surface area (Å²) in [6.07, 6.45) is 3.90. The zero-order valence-electron chi connectivity index (χ0n) is 27.4. The number of aliphatic hydroxyl groups excluding tert-OH is 1. The molecule has 0 saturated carbocycles. The van der Waals surface area contributed by atoms with Crippen molar-refractivity contribution in [2.45, 2.75) is 44.3 Å². The molecule has 5 N–H and O–H groups in total. The number of carbonyl (C=O) groups excluding carboxylic acids is 1. The number of pyridine rings is 1. The number of H-pyrrole nitrogens is 1. The minimum atomic E-state index is -0.740. The van der Waals surface area contributed by atoms with Crippen LogP contribution in [0.1, 0.15) is 43.8 Å². The molecule has 1 atom stereocenters. The lowest BCUT2D eigenvalue weighted by Gasteiger charge is -2.34. The molecule has 48 heavy (non-hydrogen) atoms. The normalized spacial score (nSPS) is 17.4. The highest BCUT2D eigenvalue weighted by Crippen LogP contribution is 2.30. The SMILES string of the molecule is O=C(Nc1ccccc1-c1ccccc1)OC1CCN(CCCN2CCC(CNC[C@H](O)c3ccc(O)c4[nH]c(=O)ccc34)CC2)CC1.